The number of carbonyl (C=O) groups is 1. The smallest absolute Gasteiger partial charge is 0.378 e. The molecule has 2 aliphatic rings. The van der Waals surface area contributed by atoms with Gasteiger partial charge in [0.05, 0.1) is 35.7 Å². The number of hydrogen-bond acceptors (Lipinski definition) is 8. The average Bonchev–Trinajstić information content (AvgIpc) is 2.96. The van der Waals surface area contributed by atoms with Crippen molar-refractivity contribution in [2.45, 2.75) is 19.1 Å². The van der Waals surface area contributed by atoms with E-state index in [2.05, 4.69) is 20.2 Å². The van der Waals surface area contributed by atoms with Crippen LogP contribution in [0.4, 0.5) is 34.9 Å². The predicted molar refractivity (Wildman–Crippen MR) is 149 cm³/mol. The van der Waals surface area contributed by atoms with Gasteiger partial charge in [-0.15, -0.1) is 0 Å². The molecule has 0 bridgehead atoms. The van der Waals surface area contributed by atoms with Gasteiger partial charge in [0, 0.05) is 81.6 Å². The number of nitrogens with zero attached hydrogens (tertiary/aromatic N) is 6. The molecule has 2 saturated heterocycles. The molecule has 3 aromatic rings. The van der Waals surface area contributed by atoms with Crippen LogP contribution >= 0.6 is 0 Å². The fraction of sp³-hybridized carbons (Fsp3) is 0.429. The Morgan fingerprint density at radius 2 is 1.71 bits per heavy atom. The third-order valence-electron chi connectivity index (χ3n) is 7.66. The molecule has 2 fully saturated rings. The number of likely N-dealkylation sites (N-methyl/N-ethyl adjacent to an activating group) is 1. The molecule has 0 spiro atoms. The summed E-state index contributed by atoms with van der Waals surface area (Å²) >= 11 is 0. The Hall–Kier alpha value is -4.04. The minimum absolute atomic E-state index is 0.0706. The van der Waals surface area contributed by atoms with Gasteiger partial charge < -0.3 is 29.3 Å². The van der Waals surface area contributed by atoms with Crippen LogP contribution in [0, 0.1) is 5.82 Å². The highest BCUT2D eigenvalue weighted by Crippen LogP contribution is 2.37. The number of morpholine rings is 1. The molecule has 0 saturated carbocycles. The first-order valence-corrected chi connectivity index (χ1v) is 13.5. The van der Waals surface area contributed by atoms with E-state index in [-0.39, 0.29) is 17.3 Å². The molecule has 10 nitrogen and oxygen atoms in total. The van der Waals surface area contributed by atoms with E-state index in [9.17, 15) is 22.8 Å². The number of anilines is 3. The first-order chi connectivity index (χ1) is 19.9. The number of carbonyl (C=O) groups excluding carboxylic acids is 1. The number of benzene rings is 1. The van der Waals surface area contributed by atoms with Crippen LogP contribution in [0.3, 0.4) is 0 Å². The third-order valence-corrected chi connectivity index (χ3v) is 7.66. The second-order valence-corrected chi connectivity index (χ2v) is 10.5. The van der Waals surface area contributed by atoms with E-state index in [0.29, 0.717) is 69.2 Å². The van der Waals surface area contributed by atoms with Crippen LogP contribution in [0.2, 0.25) is 0 Å². The van der Waals surface area contributed by atoms with Crippen molar-refractivity contribution in [3.8, 4) is 11.1 Å². The van der Waals surface area contributed by atoms with Gasteiger partial charge in [0.25, 0.3) is 11.5 Å². The molecule has 0 aliphatic carbocycles. The normalized spacial score (nSPS) is 18.3. The standard InChI is InChI=1S/C28H31F4N7O3/c1-17-15-39(5-4-36(17)2)24-12-22(29)19(18-13-33-27(34-14-18)38-6-8-42-9-7-38)10-23(24)35-26(41)20-16-37(3)25(40)11-21(20)28(30,31)32/h10-14,16-17H,4-9,15H2,1-3H3,(H,35,41)/t17-/m1/s1. The highest BCUT2D eigenvalue weighted by atomic mass is 19.4. The van der Waals surface area contributed by atoms with Gasteiger partial charge in [-0.25, -0.2) is 14.4 Å². The molecule has 1 atom stereocenters. The van der Waals surface area contributed by atoms with Crippen LogP contribution in [0.1, 0.15) is 22.8 Å². The summed E-state index contributed by atoms with van der Waals surface area (Å²) < 4.78 is 63.3. The lowest BCUT2D eigenvalue weighted by Gasteiger charge is -2.39. The average molecular weight is 590 g/mol. The molecule has 224 valence electrons. The Bertz CT molecular complexity index is 1520. The molecule has 1 aromatic carbocycles. The fourth-order valence-corrected chi connectivity index (χ4v) is 5.03. The van der Waals surface area contributed by atoms with Gasteiger partial charge in [0.15, 0.2) is 0 Å². The van der Waals surface area contributed by atoms with Crippen LogP contribution in [0.15, 0.2) is 41.6 Å². The maximum absolute atomic E-state index is 15.7. The summed E-state index contributed by atoms with van der Waals surface area (Å²) in [4.78, 5) is 40.0. The summed E-state index contributed by atoms with van der Waals surface area (Å²) in [6.07, 6.45) is -1.16. The van der Waals surface area contributed by atoms with Gasteiger partial charge in [-0.2, -0.15) is 13.2 Å². The maximum Gasteiger partial charge on any atom is 0.417 e. The molecule has 1 amide bonds. The van der Waals surface area contributed by atoms with E-state index < -0.39 is 34.6 Å². The Morgan fingerprint density at radius 3 is 2.36 bits per heavy atom. The van der Waals surface area contributed by atoms with Crippen LogP contribution in [0.25, 0.3) is 11.1 Å². The summed E-state index contributed by atoms with van der Waals surface area (Å²) in [5.74, 6) is -1.22. The van der Waals surface area contributed by atoms with Gasteiger partial charge in [0.1, 0.15) is 5.82 Å². The van der Waals surface area contributed by atoms with Crippen molar-refractivity contribution < 1.29 is 27.1 Å². The molecular formula is C28H31F4N7O3. The molecule has 42 heavy (non-hydrogen) atoms. The molecule has 1 N–H and O–H groups in total. The number of amides is 1. The van der Waals surface area contributed by atoms with E-state index in [1.54, 1.807) is 0 Å². The zero-order chi connectivity index (χ0) is 30.2. The van der Waals surface area contributed by atoms with Gasteiger partial charge in [-0.3, -0.25) is 9.59 Å². The maximum atomic E-state index is 15.7. The highest BCUT2D eigenvalue weighted by molar-refractivity contribution is 6.07. The second-order valence-electron chi connectivity index (χ2n) is 10.5. The first-order valence-electron chi connectivity index (χ1n) is 13.5. The number of halogens is 4. The van der Waals surface area contributed by atoms with Gasteiger partial charge in [-0.05, 0) is 26.1 Å². The summed E-state index contributed by atoms with van der Waals surface area (Å²) in [6.45, 7) is 5.99. The van der Waals surface area contributed by atoms with Crippen molar-refractivity contribution in [2.75, 3.05) is 68.1 Å². The minimum atomic E-state index is -4.94. The number of ether oxygens (including phenoxy) is 1. The fourth-order valence-electron chi connectivity index (χ4n) is 5.03. The number of piperazine rings is 1. The van der Waals surface area contributed by atoms with E-state index in [1.807, 2.05) is 23.8 Å². The summed E-state index contributed by atoms with van der Waals surface area (Å²) in [5, 5.41) is 2.57. The van der Waals surface area contributed by atoms with Crippen molar-refractivity contribution in [1.82, 2.24) is 19.4 Å². The SMILES string of the molecule is C[C@@H]1CN(c2cc(F)c(-c3cnc(N4CCOCC4)nc3)cc2NC(=O)c2cn(C)c(=O)cc2C(F)(F)F)CCN1C. The number of rotatable bonds is 5. The van der Waals surface area contributed by atoms with Gasteiger partial charge in [-0.1, -0.05) is 0 Å². The highest BCUT2D eigenvalue weighted by Gasteiger charge is 2.36. The molecule has 0 radical (unpaired) electrons. The van der Waals surface area contributed by atoms with Crippen molar-refractivity contribution in [2.24, 2.45) is 7.05 Å². The Balaban J connectivity index is 1.55. The lowest BCUT2D eigenvalue weighted by Crippen LogP contribution is -2.50. The Morgan fingerprint density at radius 1 is 1.02 bits per heavy atom. The molecular weight excluding hydrogens is 558 g/mol. The number of pyridine rings is 1. The lowest BCUT2D eigenvalue weighted by molar-refractivity contribution is -0.138. The Labute approximate surface area is 239 Å². The molecule has 0 unspecified atom stereocenters. The van der Waals surface area contributed by atoms with Crippen LogP contribution in [-0.4, -0.2) is 84.4 Å². The number of hydrogen-bond donors (Lipinski definition) is 1. The molecule has 2 aromatic heterocycles. The Kier molecular flexibility index (Phi) is 8.19. The van der Waals surface area contributed by atoms with Crippen LogP contribution < -0.4 is 20.7 Å². The summed E-state index contributed by atoms with van der Waals surface area (Å²) in [7, 11) is 3.22. The van der Waals surface area contributed by atoms with E-state index in [0.717, 1.165) is 10.8 Å². The number of nitrogens with one attached hydrogen (secondary N) is 1. The van der Waals surface area contributed by atoms with Crippen LogP contribution in [-0.2, 0) is 18.0 Å². The van der Waals surface area contributed by atoms with Crippen molar-refractivity contribution in [1.29, 1.82) is 0 Å². The van der Waals surface area contributed by atoms with Gasteiger partial charge >= 0.3 is 6.18 Å². The van der Waals surface area contributed by atoms with Gasteiger partial charge in [0.2, 0.25) is 5.95 Å². The van der Waals surface area contributed by atoms with Crippen LogP contribution in [0.5, 0.6) is 0 Å². The molecule has 4 heterocycles. The van der Waals surface area contributed by atoms with E-state index >= 15 is 4.39 Å². The first kappa shape index (κ1) is 29.5. The zero-order valence-electron chi connectivity index (χ0n) is 23.4. The number of alkyl halides is 3. The number of aryl methyl sites for hydroxylation is 1. The van der Waals surface area contributed by atoms with Crippen molar-refractivity contribution in [3.05, 3.63) is 64.1 Å². The quantitative estimate of drug-likeness (QED) is 0.454. The predicted octanol–water partition coefficient (Wildman–Crippen LogP) is 3.23. The van der Waals surface area contributed by atoms with E-state index in [1.165, 1.54) is 31.6 Å². The van der Waals surface area contributed by atoms with Crippen molar-refractivity contribution >= 4 is 23.2 Å². The topological polar surface area (TPSA) is 95.8 Å². The van der Waals surface area contributed by atoms with E-state index in [4.69, 9.17) is 4.74 Å². The monoisotopic (exact) mass is 589 g/mol. The molecule has 2 aliphatic heterocycles. The lowest BCUT2D eigenvalue weighted by atomic mass is 10.0. The second kappa shape index (κ2) is 11.7. The largest absolute Gasteiger partial charge is 0.417 e. The summed E-state index contributed by atoms with van der Waals surface area (Å²) in [5.41, 5.74) is -2.15. The zero-order valence-corrected chi connectivity index (χ0v) is 23.4. The summed E-state index contributed by atoms with van der Waals surface area (Å²) in [6, 6.07) is 3.14. The third kappa shape index (κ3) is 6.09. The number of aromatic nitrogens is 3. The molecule has 5 rings (SSSR count). The minimum Gasteiger partial charge on any atom is -0.378 e. The van der Waals surface area contributed by atoms with Crippen molar-refractivity contribution in [3.63, 3.8) is 0 Å². The molecule has 14 heteroatoms.